The topological polar surface area (TPSA) is 110 Å². The van der Waals surface area contributed by atoms with Crippen LogP contribution in [0.5, 0.6) is 5.88 Å². The van der Waals surface area contributed by atoms with Crippen LogP contribution in [0.3, 0.4) is 0 Å². The van der Waals surface area contributed by atoms with Crippen molar-refractivity contribution in [2.75, 3.05) is 18.0 Å². The summed E-state index contributed by atoms with van der Waals surface area (Å²) in [4.78, 5) is 32.1. The molecular formula is C26H30FN5O5. The summed E-state index contributed by atoms with van der Waals surface area (Å²) in [7, 11) is 0. The summed E-state index contributed by atoms with van der Waals surface area (Å²) in [5.74, 6) is 0.00196. The third kappa shape index (κ3) is 5.45. The maximum atomic E-state index is 14.3. The van der Waals surface area contributed by atoms with Crippen LogP contribution >= 0.6 is 0 Å². The summed E-state index contributed by atoms with van der Waals surface area (Å²) in [6, 6.07) is 7.25. The van der Waals surface area contributed by atoms with E-state index in [1.807, 2.05) is 0 Å². The third-order valence-corrected chi connectivity index (χ3v) is 6.27. The second-order valence-corrected chi connectivity index (χ2v) is 10.5. The van der Waals surface area contributed by atoms with E-state index in [-0.39, 0.29) is 18.1 Å². The number of amides is 2. The highest BCUT2D eigenvalue weighted by atomic mass is 19.1. The highest BCUT2D eigenvalue weighted by Gasteiger charge is 2.33. The molecule has 0 radical (unpaired) electrons. The quantitative estimate of drug-likeness (QED) is 0.492. The van der Waals surface area contributed by atoms with Gasteiger partial charge in [-0.1, -0.05) is 6.07 Å². The number of benzene rings is 1. The van der Waals surface area contributed by atoms with Crippen molar-refractivity contribution in [2.24, 2.45) is 0 Å². The Labute approximate surface area is 213 Å². The number of hydrogen-bond donors (Lipinski definition) is 1. The standard InChI is InChI=1S/C26H30FN5O5/c1-26(2,3)37-25(35)31(18-7-4-6-17(27)12-18)20-13-22(36-19-8-5-11-30(15-19)24(33)34)29-32-21(16-9-10-16)14-28-23(20)32/h4,6-7,12-14,16,19H,5,8-11,15H2,1-3H3,(H,33,34)/t19-/m0/s1. The maximum Gasteiger partial charge on any atom is 0.419 e. The third-order valence-electron chi connectivity index (χ3n) is 6.27. The zero-order valence-corrected chi connectivity index (χ0v) is 21.1. The molecule has 1 aliphatic heterocycles. The lowest BCUT2D eigenvalue weighted by Gasteiger charge is -2.31. The molecule has 1 saturated heterocycles. The Morgan fingerprint density at radius 1 is 1.19 bits per heavy atom. The zero-order chi connectivity index (χ0) is 26.3. The van der Waals surface area contributed by atoms with Gasteiger partial charge in [0.1, 0.15) is 23.2 Å². The monoisotopic (exact) mass is 511 g/mol. The minimum Gasteiger partial charge on any atom is -0.471 e. The van der Waals surface area contributed by atoms with Gasteiger partial charge >= 0.3 is 12.2 Å². The number of carbonyl (C=O) groups is 2. The van der Waals surface area contributed by atoms with Gasteiger partial charge in [-0.2, -0.15) is 0 Å². The first-order valence-corrected chi connectivity index (χ1v) is 12.4. The number of piperidine rings is 1. The molecule has 1 N–H and O–H groups in total. The van der Waals surface area contributed by atoms with Crippen LogP contribution in [0.4, 0.5) is 25.4 Å². The number of ether oxygens (including phenoxy) is 2. The van der Waals surface area contributed by atoms with E-state index in [0.29, 0.717) is 36.6 Å². The number of hydrogen-bond acceptors (Lipinski definition) is 6. The average molecular weight is 512 g/mol. The largest absolute Gasteiger partial charge is 0.471 e. The van der Waals surface area contributed by atoms with E-state index in [0.717, 1.165) is 18.5 Å². The van der Waals surface area contributed by atoms with E-state index >= 15 is 0 Å². The Bertz CT molecular complexity index is 1330. The molecule has 3 aromatic rings. The number of nitrogens with zero attached hydrogens (tertiary/aromatic N) is 5. The van der Waals surface area contributed by atoms with Gasteiger partial charge in [0.2, 0.25) is 5.88 Å². The fourth-order valence-electron chi connectivity index (χ4n) is 4.47. The highest BCUT2D eigenvalue weighted by Crippen LogP contribution is 2.42. The lowest BCUT2D eigenvalue weighted by Crippen LogP contribution is -2.43. The van der Waals surface area contributed by atoms with Crippen LogP contribution in [0.25, 0.3) is 5.65 Å². The van der Waals surface area contributed by atoms with E-state index in [1.165, 1.54) is 28.0 Å². The first kappa shape index (κ1) is 24.8. The molecule has 0 unspecified atom stereocenters. The van der Waals surface area contributed by atoms with E-state index in [9.17, 15) is 19.1 Å². The van der Waals surface area contributed by atoms with Crippen molar-refractivity contribution in [3.63, 3.8) is 0 Å². The van der Waals surface area contributed by atoms with Crippen LogP contribution in [0.15, 0.2) is 36.5 Å². The van der Waals surface area contributed by atoms with Crippen molar-refractivity contribution in [3.8, 4) is 5.88 Å². The van der Waals surface area contributed by atoms with Crippen molar-refractivity contribution in [3.05, 3.63) is 48.0 Å². The minimum atomic E-state index is -0.995. The number of aromatic nitrogens is 3. The fraction of sp³-hybridized carbons (Fsp3) is 0.462. The minimum absolute atomic E-state index is 0.212. The number of halogens is 1. The summed E-state index contributed by atoms with van der Waals surface area (Å²) in [6.07, 6.45) is 2.97. The molecule has 2 aromatic heterocycles. The summed E-state index contributed by atoms with van der Waals surface area (Å²) in [5.41, 5.74) is 1.07. The lowest BCUT2D eigenvalue weighted by molar-refractivity contribution is 0.0598. The molecule has 2 aliphatic rings. The molecule has 0 spiro atoms. The molecule has 1 aliphatic carbocycles. The van der Waals surface area contributed by atoms with Crippen LogP contribution in [0.1, 0.15) is 58.1 Å². The molecule has 3 heterocycles. The smallest absolute Gasteiger partial charge is 0.419 e. The van der Waals surface area contributed by atoms with Gasteiger partial charge in [-0.3, -0.25) is 0 Å². The van der Waals surface area contributed by atoms with Crippen molar-refractivity contribution in [2.45, 2.75) is 64.1 Å². The Hall–Kier alpha value is -3.89. The Morgan fingerprint density at radius 2 is 1.97 bits per heavy atom. The van der Waals surface area contributed by atoms with Crippen LogP contribution in [0, 0.1) is 5.82 Å². The maximum absolute atomic E-state index is 14.3. The van der Waals surface area contributed by atoms with Crippen LogP contribution in [-0.4, -0.2) is 61.6 Å². The van der Waals surface area contributed by atoms with Gasteiger partial charge in [0.05, 0.1) is 24.1 Å². The Balaban J connectivity index is 1.61. The molecule has 0 bridgehead atoms. The predicted molar refractivity (Wildman–Crippen MR) is 133 cm³/mol. The average Bonchev–Trinajstić information content (AvgIpc) is 3.57. The SMILES string of the molecule is CC(C)(C)OC(=O)N(c1cccc(F)c1)c1cc(O[C@H]2CCCN(C(=O)O)C2)nn2c(C3CC3)cnc12. The van der Waals surface area contributed by atoms with Gasteiger partial charge in [0, 0.05) is 18.5 Å². The molecule has 2 amide bonds. The number of fused-ring (bicyclic) bond motifs is 1. The van der Waals surface area contributed by atoms with Crippen molar-refractivity contribution in [1.29, 1.82) is 0 Å². The van der Waals surface area contributed by atoms with Gasteiger partial charge in [-0.25, -0.2) is 28.4 Å². The second kappa shape index (κ2) is 9.53. The van der Waals surface area contributed by atoms with E-state index < -0.39 is 29.7 Å². The highest BCUT2D eigenvalue weighted by molar-refractivity contribution is 6.00. The molecule has 1 saturated carbocycles. The molecule has 1 aromatic carbocycles. The molecular weight excluding hydrogens is 481 g/mol. The van der Waals surface area contributed by atoms with E-state index in [4.69, 9.17) is 9.47 Å². The summed E-state index contributed by atoms with van der Waals surface area (Å²) < 4.78 is 27.8. The van der Waals surface area contributed by atoms with Crippen LogP contribution < -0.4 is 9.64 Å². The second-order valence-electron chi connectivity index (χ2n) is 10.5. The number of carbonyl (C=O) groups excluding carboxylic acids is 1. The van der Waals surface area contributed by atoms with E-state index in [1.54, 1.807) is 43.6 Å². The number of rotatable bonds is 5. The molecule has 11 heteroatoms. The molecule has 1 atom stereocenters. The fourth-order valence-corrected chi connectivity index (χ4v) is 4.47. The van der Waals surface area contributed by atoms with Crippen molar-refractivity contribution >= 4 is 29.2 Å². The number of carboxylic acid groups (broad SMARTS) is 1. The summed E-state index contributed by atoms with van der Waals surface area (Å²) in [6.45, 7) is 5.92. The zero-order valence-electron chi connectivity index (χ0n) is 21.1. The van der Waals surface area contributed by atoms with Gasteiger partial charge < -0.3 is 19.5 Å². The number of likely N-dealkylation sites (tertiary alicyclic amines) is 1. The molecule has 2 fully saturated rings. The van der Waals surface area contributed by atoms with Crippen molar-refractivity contribution < 1.29 is 28.6 Å². The molecule has 10 nitrogen and oxygen atoms in total. The summed E-state index contributed by atoms with van der Waals surface area (Å²) >= 11 is 0. The van der Waals surface area contributed by atoms with Crippen molar-refractivity contribution in [1.82, 2.24) is 19.5 Å². The van der Waals surface area contributed by atoms with Crippen LogP contribution in [0.2, 0.25) is 0 Å². The molecule has 37 heavy (non-hydrogen) atoms. The van der Waals surface area contributed by atoms with Gasteiger partial charge in [-0.05, 0) is 64.7 Å². The first-order valence-electron chi connectivity index (χ1n) is 12.4. The van der Waals surface area contributed by atoms with Gasteiger partial charge in [0.25, 0.3) is 0 Å². The van der Waals surface area contributed by atoms with E-state index in [2.05, 4.69) is 10.1 Å². The number of imidazole rings is 1. The Kier molecular flexibility index (Phi) is 6.38. The first-order chi connectivity index (χ1) is 17.6. The predicted octanol–water partition coefficient (Wildman–Crippen LogP) is 5.34. The normalized spacial score (nSPS) is 18.1. The summed E-state index contributed by atoms with van der Waals surface area (Å²) in [5, 5.41) is 14.1. The van der Waals surface area contributed by atoms with Crippen LogP contribution in [-0.2, 0) is 4.74 Å². The van der Waals surface area contributed by atoms with Gasteiger partial charge in [0.15, 0.2) is 5.65 Å². The Morgan fingerprint density at radius 3 is 2.65 bits per heavy atom. The number of anilines is 2. The molecule has 196 valence electrons. The molecule has 5 rings (SSSR count). The lowest BCUT2D eigenvalue weighted by atomic mass is 10.1. The van der Waals surface area contributed by atoms with Gasteiger partial charge in [-0.15, -0.1) is 5.10 Å².